The second-order valence-electron chi connectivity index (χ2n) is 16.5. The molecule has 0 amide bonds. The van der Waals surface area contributed by atoms with Crippen molar-refractivity contribution < 1.29 is 4.42 Å². The molecular formula is C60H39N3O. The lowest BCUT2D eigenvalue weighted by atomic mass is 10.0. The zero-order valence-electron chi connectivity index (χ0n) is 34.8. The molecule has 0 atom stereocenters. The van der Waals surface area contributed by atoms with Crippen LogP contribution in [0, 0.1) is 0 Å². The van der Waals surface area contributed by atoms with Crippen molar-refractivity contribution in [1.82, 2.24) is 9.13 Å². The highest BCUT2D eigenvalue weighted by atomic mass is 16.3. The minimum absolute atomic E-state index is 0.902. The second-order valence-corrected chi connectivity index (χ2v) is 16.5. The summed E-state index contributed by atoms with van der Waals surface area (Å²) in [4.78, 5) is 2.37. The standard InChI is InChI=1S/C60H39N3O/c1-3-14-43(15-4-1)62-56-24-11-8-19-50(56)54-39-47(35-37-57(54)62)61(46-33-28-41(29-34-46)48-21-13-22-53-52-20-9-12-25-59(52)64-60(48)53)45-31-26-40(27-32-45)42-30-36-51-49-18-7-10-23-55(49)63(58(51)38-42)44-16-5-2-6-17-44/h1-39H. The fourth-order valence-corrected chi connectivity index (χ4v) is 9.98. The molecule has 300 valence electrons. The molecule has 0 saturated heterocycles. The van der Waals surface area contributed by atoms with E-state index in [0.29, 0.717) is 0 Å². The van der Waals surface area contributed by atoms with Crippen LogP contribution in [0.25, 0.3) is 99.2 Å². The summed E-state index contributed by atoms with van der Waals surface area (Å²) in [6.07, 6.45) is 0. The Morgan fingerprint density at radius 2 is 0.797 bits per heavy atom. The predicted molar refractivity (Wildman–Crippen MR) is 268 cm³/mol. The number of rotatable bonds is 7. The van der Waals surface area contributed by atoms with Crippen molar-refractivity contribution in [2.75, 3.05) is 4.90 Å². The van der Waals surface area contributed by atoms with Crippen LogP contribution in [-0.2, 0) is 0 Å². The Labute approximate surface area is 369 Å². The number of hydrogen-bond acceptors (Lipinski definition) is 2. The van der Waals surface area contributed by atoms with Crippen molar-refractivity contribution in [3.8, 4) is 33.6 Å². The van der Waals surface area contributed by atoms with E-state index in [9.17, 15) is 0 Å². The molecule has 13 rings (SSSR count). The predicted octanol–water partition coefficient (Wildman–Crippen LogP) is 16.6. The number of fused-ring (bicyclic) bond motifs is 9. The van der Waals surface area contributed by atoms with Crippen LogP contribution < -0.4 is 4.90 Å². The van der Waals surface area contributed by atoms with E-state index in [2.05, 4.69) is 238 Å². The molecule has 0 aliphatic rings. The normalized spacial score (nSPS) is 11.8. The van der Waals surface area contributed by atoms with Crippen LogP contribution in [-0.4, -0.2) is 9.13 Å². The quantitative estimate of drug-likeness (QED) is 0.160. The number of aromatic nitrogens is 2. The molecule has 0 N–H and O–H groups in total. The highest BCUT2D eigenvalue weighted by molar-refractivity contribution is 6.12. The summed E-state index contributed by atoms with van der Waals surface area (Å²) in [5, 5.41) is 7.18. The lowest BCUT2D eigenvalue weighted by Crippen LogP contribution is -2.10. The molecule has 13 aromatic rings. The van der Waals surface area contributed by atoms with E-state index >= 15 is 0 Å². The van der Waals surface area contributed by atoms with E-state index in [1.807, 2.05) is 12.1 Å². The summed E-state index contributed by atoms with van der Waals surface area (Å²) < 4.78 is 11.2. The SMILES string of the molecule is c1ccc(-n2c3ccccc3c3cc(N(c4ccc(-c5ccc6c7ccccc7n(-c7ccccc7)c6c5)cc4)c4ccc(-c5cccc6c5oc5ccccc56)cc4)ccc32)cc1. The van der Waals surface area contributed by atoms with Gasteiger partial charge in [0.1, 0.15) is 11.2 Å². The van der Waals surface area contributed by atoms with E-state index in [4.69, 9.17) is 4.42 Å². The van der Waals surface area contributed by atoms with Gasteiger partial charge < -0.3 is 18.5 Å². The number of nitrogens with zero attached hydrogens (tertiary/aromatic N) is 3. The van der Waals surface area contributed by atoms with Crippen molar-refractivity contribution in [2.45, 2.75) is 0 Å². The maximum Gasteiger partial charge on any atom is 0.143 e. The largest absolute Gasteiger partial charge is 0.455 e. The Bertz CT molecular complexity index is 3880. The van der Waals surface area contributed by atoms with Crippen molar-refractivity contribution >= 4 is 82.6 Å². The Kier molecular flexibility index (Phi) is 8.18. The van der Waals surface area contributed by atoms with Gasteiger partial charge in [-0.25, -0.2) is 0 Å². The van der Waals surface area contributed by atoms with Gasteiger partial charge in [0.25, 0.3) is 0 Å². The lowest BCUT2D eigenvalue weighted by molar-refractivity contribution is 0.670. The highest BCUT2D eigenvalue weighted by Gasteiger charge is 2.20. The van der Waals surface area contributed by atoms with Crippen LogP contribution in [0.3, 0.4) is 0 Å². The molecule has 0 fully saturated rings. The third kappa shape index (κ3) is 5.70. The Balaban J connectivity index is 0.949. The zero-order valence-corrected chi connectivity index (χ0v) is 34.8. The van der Waals surface area contributed by atoms with Crippen molar-refractivity contribution in [2.24, 2.45) is 0 Å². The molecule has 3 heterocycles. The fourth-order valence-electron chi connectivity index (χ4n) is 9.98. The van der Waals surface area contributed by atoms with Crippen LogP contribution in [0.15, 0.2) is 241 Å². The highest BCUT2D eigenvalue weighted by Crippen LogP contribution is 2.43. The number of para-hydroxylation sites is 6. The monoisotopic (exact) mass is 817 g/mol. The first-order chi connectivity index (χ1) is 31.7. The summed E-state index contributed by atoms with van der Waals surface area (Å²) in [5.41, 5.74) is 16.6. The summed E-state index contributed by atoms with van der Waals surface area (Å²) >= 11 is 0. The lowest BCUT2D eigenvalue weighted by Gasteiger charge is -2.26. The van der Waals surface area contributed by atoms with Crippen LogP contribution in [0.4, 0.5) is 17.1 Å². The molecule has 0 unspecified atom stereocenters. The van der Waals surface area contributed by atoms with Gasteiger partial charge in [0.05, 0.1) is 22.1 Å². The molecule has 64 heavy (non-hydrogen) atoms. The molecule has 0 aliphatic carbocycles. The zero-order chi connectivity index (χ0) is 42.1. The van der Waals surface area contributed by atoms with Gasteiger partial charge in [-0.1, -0.05) is 146 Å². The molecule has 4 nitrogen and oxygen atoms in total. The van der Waals surface area contributed by atoms with Gasteiger partial charge in [0.15, 0.2) is 0 Å². The Hall–Kier alpha value is -8.60. The van der Waals surface area contributed by atoms with Crippen LogP contribution >= 0.6 is 0 Å². The first-order valence-corrected chi connectivity index (χ1v) is 21.8. The van der Waals surface area contributed by atoms with Gasteiger partial charge in [-0.2, -0.15) is 0 Å². The van der Waals surface area contributed by atoms with Crippen molar-refractivity contribution in [1.29, 1.82) is 0 Å². The third-order valence-electron chi connectivity index (χ3n) is 12.9. The molecule has 0 spiro atoms. The average Bonchev–Trinajstić information content (AvgIpc) is 4.03. The van der Waals surface area contributed by atoms with E-state index in [1.165, 1.54) is 49.2 Å². The third-order valence-corrected chi connectivity index (χ3v) is 12.9. The van der Waals surface area contributed by atoms with Crippen LogP contribution in [0.5, 0.6) is 0 Å². The van der Waals surface area contributed by atoms with E-state index in [1.54, 1.807) is 0 Å². The molecular weight excluding hydrogens is 779 g/mol. The number of furan rings is 1. The van der Waals surface area contributed by atoms with Crippen LogP contribution in [0.1, 0.15) is 0 Å². The Morgan fingerprint density at radius 1 is 0.297 bits per heavy atom. The summed E-state index contributed by atoms with van der Waals surface area (Å²) in [6.45, 7) is 0. The Morgan fingerprint density at radius 3 is 1.48 bits per heavy atom. The minimum Gasteiger partial charge on any atom is -0.455 e. The topological polar surface area (TPSA) is 26.2 Å². The molecule has 0 radical (unpaired) electrons. The van der Waals surface area contributed by atoms with Gasteiger partial charge >= 0.3 is 0 Å². The van der Waals surface area contributed by atoms with Crippen LogP contribution in [0.2, 0.25) is 0 Å². The molecule has 0 aliphatic heterocycles. The number of benzene rings is 10. The summed E-state index contributed by atoms with van der Waals surface area (Å²) in [7, 11) is 0. The van der Waals surface area contributed by atoms with Gasteiger partial charge in [-0.05, 0) is 108 Å². The fraction of sp³-hybridized carbons (Fsp3) is 0. The summed E-state index contributed by atoms with van der Waals surface area (Å²) in [6, 6.07) is 85.1. The molecule has 10 aromatic carbocycles. The van der Waals surface area contributed by atoms with Gasteiger partial charge in [-0.3, -0.25) is 0 Å². The molecule has 0 bridgehead atoms. The van der Waals surface area contributed by atoms with E-state index in [0.717, 1.165) is 67.1 Å². The summed E-state index contributed by atoms with van der Waals surface area (Å²) in [5.74, 6) is 0. The van der Waals surface area contributed by atoms with Crippen molar-refractivity contribution in [3.05, 3.63) is 237 Å². The van der Waals surface area contributed by atoms with Gasteiger partial charge in [0, 0.05) is 66.3 Å². The average molecular weight is 818 g/mol. The number of hydrogen-bond donors (Lipinski definition) is 0. The second kappa shape index (κ2) is 14.5. The molecule has 3 aromatic heterocycles. The van der Waals surface area contributed by atoms with E-state index in [-0.39, 0.29) is 0 Å². The van der Waals surface area contributed by atoms with Gasteiger partial charge in [-0.15, -0.1) is 0 Å². The molecule has 4 heteroatoms. The molecule has 0 saturated carbocycles. The van der Waals surface area contributed by atoms with E-state index < -0.39 is 0 Å². The maximum absolute atomic E-state index is 6.47. The smallest absolute Gasteiger partial charge is 0.143 e. The van der Waals surface area contributed by atoms with Crippen molar-refractivity contribution in [3.63, 3.8) is 0 Å². The minimum atomic E-state index is 0.902. The van der Waals surface area contributed by atoms with Gasteiger partial charge in [0.2, 0.25) is 0 Å². The first kappa shape index (κ1) is 36.1. The maximum atomic E-state index is 6.47. The number of anilines is 3. The first-order valence-electron chi connectivity index (χ1n) is 21.8.